The average Bonchev–Trinajstić information content (AvgIpc) is 4.00. The van der Waals surface area contributed by atoms with Crippen molar-refractivity contribution in [3.63, 3.8) is 0 Å². The fourth-order valence-electron chi connectivity index (χ4n) is 7.67. The number of aromatic nitrogens is 2. The van der Waals surface area contributed by atoms with Crippen molar-refractivity contribution in [3.8, 4) is 23.0 Å². The number of ether oxygens (including phenoxy) is 10. The number of amides is 2. The smallest absolute Gasteiger partial charge is 0.411 e. The Morgan fingerprint density at radius 1 is 0.595 bits per heavy atom. The van der Waals surface area contributed by atoms with Crippen LogP contribution in [0.25, 0.3) is 21.8 Å². The van der Waals surface area contributed by atoms with Crippen LogP contribution in [0.1, 0.15) is 80.9 Å². The second-order valence-corrected chi connectivity index (χ2v) is 18.8. The Hall–Kier alpha value is -7.94. The molecular formula is C53H64N4O17. The molecule has 4 heterocycles. The van der Waals surface area contributed by atoms with E-state index in [0.29, 0.717) is 44.8 Å². The van der Waals surface area contributed by atoms with Crippen molar-refractivity contribution >= 4 is 57.9 Å². The van der Waals surface area contributed by atoms with Crippen molar-refractivity contribution < 1.29 is 81.2 Å². The molecule has 2 saturated heterocycles. The van der Waals surface area contributed by atoms with Gasteiger partial charge in [0.25, 0.3) is 0 Å². The molecule has 2 aliphatic rings. The number of nitrogens with zero attached hydrogens (tertiary/aromatic N) is 4. The number of aliphatic carboxylic acids is 1. The predicted octanol–water partition coefficient (Wildman–Crippen LogP) is 7.66. The fourth-order valence-corrected chi connectivity index (χ4v) is 7.67. The standard InChI is InChI=1S/C29H32N2O8.C22H26N2O8.C2H6O/c1-29(2,3)39-28(34)31-16-20(14-24(31)27(33)37-17-18-9-7-6-8-10-18)38-25-15-23(26(32)36-5)30-22-13-19(35-4)11-12-21(22)25;1-22(2,3)32-21(28)24-11-13(9-17(24)19(25)26)31-18-10-16(20(27)30-5)23-15-8-12(29-4)6-7-14(15)18;1-3-2/h6-13,15,20,24H,14,16-17H2,1-5H3;6-8,10,13,17H,9,11H2,1-5H3,(H,25,26);1-2H3/t20-,24+;13-,17+;/m11./s1. The summed E-state index contributed by atoms with van der Waals surface area (Å²) in [5, 5.41) is 10.8. The third-order valence-corrected chi connectivity index (χ3v) is 10.9. The number of pyridine rings is 2. The molecule has 74 heavy (non-hydrogen) atoms. The van der Waals surface area contributed by atoms with E-state index in [1.807, 2.05) is 30.3 Å². The summed E-state index contributed by atoms with van der Waals surface area (Å²) < 4.78 is 53.2. The zero-order chi connectivity index (χ0) is 54.5. The lowest BCUT2D eigenvalue weighted by Crippen LogP contribution is -2.44. The van der Waals surface area contributed by atoms with Crippen molar-refractivity contribution in [1.82, 2.24) is 19.8 Å². The summed E-state index contributed by atoms with van der Waals surface area (Å²) in [6.45, 7) is 10.5. The first-order chi connectivity index (χ1) is 35.0. The first-order valence-corrected chi connectivity index (χ1v) is 23.3. The number of rotatable bonds is 12. The van der Waals surface area contributed by atoms with Gasteiger partial charge in [0.2, 0.25) is 0 Å². The van der Waals surface area contributed by atoms with Crippen molar-refractivity contribution in [2.24, 2.45) is 0 Å². The number of carbonyl (C=O) groups is 6. The summed E-state index contributed by atoms with van der Waals surface area (Å²) in [6, 6.07) is 20.5. The molecule has 0 bridgehead atoms. The molecule has 2 aromatic heterocycles. The quantitative estimate of drug-likeness (QED) is 0.0930. The molecule has 5 aromatic rings. The number of carboxylic acids is 1. The highest BCUT2D eigenvalue weighted by molar-refractivity contribution is 5.95. The van der Waals surface area contributed by atoms with E-state index in [2.05, 4.69) is 14.7 Å². The van der Waals surface area contributed by atoms with Crippen LogP contribution < -0.4 is 18.9 Å². The Morgan fingerprint density at radius 3 is 1.41 bits per heavy atom. The van der Waals surface area contributed by atoms with Crippen LogP contribution in [0.2, 0.25) is 0 Å². The van der Waals surface area contributed by atoms with E-state index < -0.39 is 71.6 Å². The van der Waals surface area contributed by atoms with Gasteiger partial charge in [-0.2, -0.15) is 0 Å². The molecule has 0 aliphatic carbocycles. The summed E-state index contributed by atoms with van der Waals surface area (Å²) in [5.74, 6) is -1.22. The van der Waals surface area contributed by atoms with E-state index in [1.54, 1.807) is 92.2 Å². The Bertz CT molecular complexity index is 2790. The number of hydrogen-bond donors (Lipinski definition) is 1. The molecule has 2 amide bonds. The zero-order valence-corrected chi connectivity index (χ0v) is 43.6. The Balaban J connectivity index is 0.000000265. The van der Waals surface area contributed by atoms with Gasteiger partial charge in [-0.1, -0.05) is 30.3 Å². The molecule has 0 radical (unpaired) electrons. The summed E-state index contributed by atoms with van der Waals surface area (Å²) in [7, 11) is 8.80. The van der Waals surface area contributed by atoms with Crippen molar-refractivity contribution in [2.75, 3.05) is 55.7 Å². The third kappa shape index (κ3) is 15.3. The van der Waals surface area contributed by atoms with Crippen LogP contribution in [0.3, 0.4) is 0 Å². The van der Waals surface area contributed by atoms with Crippen LogP contribution in [0.4, 0.5) is 9.59 Å². The van der Waals surface area contributed by atoms with Crippen LogP contribution in [0.5, 0.6) is 23.0 Å². The maximum Gasteiger partial charge on any atom is 0.411 e. The highest BCUT2D eigenvalue weighted by atomic mass is 16.6. The van der Waals surface area contributed by atoms with Crippen LogP contribution >= 0.6 is 0 Å². The number of methoxy groups -OCH3 is 5. The summed E-state index contributed by atoms with van der Waals surface area (Å²) in [5.41, 5.74) is 0.287. The molecule has 0 spiro atoms. The lowest BCUT2D eigenvalue weighted by atomic mass is 10.1. The largest absolute Gasteiger partial charge is 0.497 e. The number of carbonyl (C=O) groups excluding carboxylic acids is 5. The van der Waals surface area contributed by atoms with Crippen molar-refractivity contribution in [2.45, 2.75) is 96.5 Å². The van der Waals surface area contributed by atoms with E-state index >= 15 is 0 Å². The number of carboxylic acid groups (broad SMARTS) is 1. The molecule has 4 atom stereocenters. The van der Waals surface area contributed by atoms with Gasteiger partial charge in [-0.3, -0.25) is 9.80 Å². The second kappa shape index (κ2) is 25.1. The van der Waals surface area contributed by atoms with Crippen LogP contribution in [0.15, 0.2) is 78.9 Å². The molecule has 21 heteroatoms. The zero-order valence-electron chi connectivity index (χ0n) is 43.6. The number of fused-ring (bicyclic) bond motifs is 2. The summed E-state index contributed by atoms with van der Waals surface area (Å²) in [4.78, 5) is 86.1. The molecule has 21 nitrogen and oxygen atoms in total. The number of benzene rings is 3. The Kier molecular flexibility index (Phi) is 19.4. The van der Waals surface area contributed by atoms with Crippen LogP contribution in [-0.4, -0.2) is 152 Å². The monoisotopic (exact) mass is 1030 g/mol. The minimum Gasteiger partial charge on any atom is -0.497 e. The molecule has 2 fully saturated rings. The maximum absolute atomic E-state index is 13.2. The predicted molar refractivity (Wildman–Crippen MR) is 268 cm³/mol. The highest BCUT2D eigenvalue weighted by Gasteiger charge is 2.45. The minimum atomic E-state index is -1.15. The topological polar surface area (TPSA) is 247 Å². The SMILES string of the molecule is COC.COC(=O)c1cc(O[C@@H]2C[C@@H](C(=O)O)N(C(=O)OC(C)(C)C)C2)c2ccc(OC)cc2n1.COC(=O)c1cc(O[C@@H]2C[C@@H](C(=O)OCc3ccccc3)N(C(=O)OC(C)(C)C)C2)c2ccc(OC)cc2n1. The van der Waals surface area contributed by atoms with Gasteiger partial charge in [0.15, 0.2) is 11.4 Å². The van der Waals surface area contributed by atoms with Gasteiger partial charge in [0.05, 0.1) is 52.6 Å². The van der Waals surface area contributed by atoms with Crippen molar-refractivity contribution in [3.05, 3.63) is 95.8 Å². The molecule has 0 unspecified atom stereocenters. The minimum absolute atomic E-state index is 0.0133. The first-order valence-electron chi connectivity index (χ1n) is 23.3. The summed E-state index contributed by atoms with van der Waals surface area (Å²) in [6.07, 6.45) is -2.38. The second-order valence-electron chi connectivity index (χ2n) is 18.8. The molecule has 398 valence electrons. The van der Waals surface area contributed by atoms with Crippen LogP contribution in [0, 0.1) is 0 Å². The molecule has 1 N–H and O–H groups in total. The molecule has 7 rings (SSSR count). The van der Waals surface area contributed by atoms with E-state index in [4.69, 9.17) is 42.6 Å². The van der Waals surface area contributed by atoms with Gasteiger partial charge in [-0.05, 0) is 71.4 Å². The lowest BCUT2D eigenvalue weighted by Gasteiger charge is -2.27. The van der Waals surface area contributed by atoms with E-state index in [9.17, 15) is 33.9 Å². The maximum atomic E-state index is 13.2. The van der Waals surface area contributed by atoms with Gasteiger partial charge in [-0.15, -0.1) is 0 Å². The fraction of sp³-hybridized carbons (Fsp3) is 0.434. The number of esters is 3. The first kappa shape index (κ1) is 57.0. The third-order valence-electron chi connectivity index (χ3n) is 10.9. The molecule has 2 aliphatic heterocycles. The van der Waals surface area contributed by atoms with Crippen LogP contribution in [-0.2, 0) is 44.6 Å². The van der Waals surface area contributed by atoms with E-state index in [1.165, 1.54) is 45.5 Å². The molecule has 0 saturated carbocycles. The average molecular weight is 1030 g/mol. The highest BCUT2D eigenvalue weighted by Crippen LogP contribution is 2.35. The van der Waals surface area contributed by atoms with Gasteiger partial charge >= 0.3 is 36.1 Å². The van der Waals surface area contributed by atoms with Gasteiger partial charge in [0, 0.05) is 62.1 Å². The normalized spacial score (nSPS) is 17.1. The Morgan fingerprint density at radius 2 is 1.01 bits per heavy atom. The summed E-state index contributed by atoms with van der Waals surface area (Å²) >= 11 is 0. The Labute approximate surface area is 428 Å². The molecular weight excluding hydrogens is 965 g/mol. The number of likely N-dealkylation sites (tertiary alicyclic amines) is 2. The van der Waals surface area contributed by atoms with Gasteiger partial charge in [0.1, 0.15) is 65.1 Å². The van der Waals surface area contributed by atoms with Crippen molar-refractivity contribution in [1.29, 1.82) is 0 Å². The van der Waals surface area contributed by atoms with Gasteiger partial charge in [-0.25, -0.2) is 38.7 Å². The van der Waals surface area contributed by atoms with E-state index in [-0.39, 0.29) is 43.9 Å². The lowest BCUT2D eigenvalue weighted by molar-refractivity contribution is -0.150. The molecule has 3 aromatic carbocycles. The number of hydrogen-bond acceptors (Lipinski definition) is 18. The van der Waals surface area contributed by atoms with E-state index in [0.717, 1.165) is 10.5 Å². The van der Waals surface area contributed by atoms with Gasteiger partial charge < -0.3 is 52.5 Å².